The molecule has 1 amide bonds. The molecule has 140 valence electrons. The lowest BCUT2D eigenvalue weighted by atomic mass is 9.87. The van der Waals surface area contributed by atoms with Gasteiger partial charge in [0.2, 0.25) is 0 Å². The average Bonchev–Trinajstić information content (AvgIpc) is 3.01. The van der Waals surface area contributed by atoms with E-state index in [4.69, 9.17) is 4.74 Å². The van der Waals surface area contributed by atoms with Crippen molar-refractivity contribution in [2.24, 2.45) is 0 Å². The van der Waals surface area contributed by atoms with E-state index in [-0.39, 0.29) is 11.3 Å². The fourth-order valence-electron chi connectivity index (χ4n) is 2.63. The number of nitrogens with zero attached hydrogens (tertiary/aromatic N) is 1. The van der Waals surface area contributed by atoms with E-state index < -0.39 is 0 Å². The number of benzene rings is 2. The Morgan fingerprint density at radius 1 is 1.07 bits per heavy atom. The molecular weight excluding hydrogens is 356 g/mol. The van der Waals surface area contributed by atoms with Gasteiger partial charge in [-0.25, -0.2) is 4.98 Å². The Hall–Kier alpha value is -2.66. The molecule has 4 nitrogen and oxygen atoms in total. The number of anilines is 1. The second-order valence-electron chi connectivity index (χ2n) is 7.41. The predicted molar refractivity (Wildman–Crippen MR) is 111 cm³/mol. The van der Waals surface area contributed by atoms with Crippen LogP contribution in [0.15, 0.2) is 54.6 Å². The van der Waals surface area contributed by atoms with E-state index in [2.05, 4.69) is 43.2 Å². The number of thiazole rings is 1. The minimum atomic E-state index is -0.142. The van der Waals surface area contributed by atoms with Gasteiger partial charge in [-0.2, -0.15) is 0 Å². The normalized spacial score (nSPS) is 11.3. The third-order valence-electron chi connectivity index (χ3n) is 4.16. The first kappa shape index (κ1) is 19.1. The molecule has 0 aliphatic rings. The second kappa shape index (κ2) is 7.92. The molecule has 2 aromatic carbocycles. The summed E-state index contributed by atoms with van der Waals surface area (Å²) >= 11 is 1.37. The zero-order valence-corrected chi connectivity index (χ0v) is 16.9. The van der Waals surface area contributed by atoms with Crippen LogP contribution < -0.4 is 10.1 Å². The fourth-order valence-corrected chi connectivity index (χ4v) is 3.50. The molecule has 0 spiro atoms. The molecule has 0 saturated heterocycles. The Morgan fingerprint density at radius 3 is 2.37 bits per heavy atom. The molecule has 5 heteroatoms. The van der Waals surface area contributed by atoms with Gasteiger partial charge in [-0.1, -0.05) is 51.1 Å². The van der Waals surface area contributed by atoms with Crippen LogP contribution in [0.4, 0.5) is 5.69 Å². The van der Waals surface area contributed by atoms with Crippen LogP contribution in [-0.4, -0.2) is 10.9 Å². The van der Waals surface area contributed by atoms with Gasteiger partial charge >= 0.3 is 0 Å². The number of nitrogens with one attached hydrogen (secondary N) is 1. The molecule has 0 saturated carbocycles. The van der Waals surface area contributed by atoms with Crippen LogP contribution in [0.5, 0.6) is 5.75 Å². The minimum Gasteiger partial charge on any atom is -0.486 e. The number of carbonyl (C=O) groups excluding carboxylic acids is 1. The van der Waals surface area contributed by atoms with Crippen LogP contribution >= 0.6 is 11.3 Å². The van der Waals surface area contributed by atoms with Gasteiger partial charge in [0.1, 0.15) is 22.2 Å². The van der Waals surface area contributed by atoms with Crippen LogP contribution in [0.3, 0.4) is 0 Å². The first-order valence-electron chi connectivity index (χ1n) is 8.89. The molecule has 27 heavy (non-hydrogen) atoms. The number of amides is 1. The monoisotopic (exact) mass is 380 g/mol. The number of para-hydroxylation sites is 1. The summed E-state index contributed by atoms with van der Waals surface area (Å²) in [7, 11) is 0. The molecule has 0 radical (unpaired) electrons. The summed E-state index contributed by atoms with van der Waals surface area (Å²) in [4.78, 5) is 17.6. The van der Waals surface area contributed by atoms with E-state index in [0.717, 1.165) is 22.1 Å². The van der Waals surface area contributed by atoms with Gasteiger partial charge in [0.25, 0.3) is 5.91 Å². The molecule has 1 heterocycles. The highest BCUT2D eigenvalue weighted by atomic mass is 32.1. The number of hydrogen-bond donors (Lipinski definition) is 1. The summed E-state index contributed by atoms with van der Waals surface area (Å²) < 4.78 is 5.84. The maximum atomic E-state index is 12.5. The number of aromatic nitrogens is 1. The second-order valence-corrected chi connectivity index (χ2v) is 8.49. The largest absolute Gasteiger partial charge is 0.486 e. The summed E-state index contributed by atoms with van der Waals surface area (Å²) in [5, 5.41) is 3.68. The van der Waals surface area contributed by atoms with E-state index in [9.17, 15) is 4.79 Å². The first-order valence-corrected chi connectivity index (χ1v) is 9.70. The summed E-state index contributed by atoms with van der Waals surface area (Å²) in [6.07, 6.45) is 0. The third-order valence-corrected chi connectivity index (χ3v) is 5.29. The zero-order valence-electron chi connectivity index (χ0n) is 16.1. The number of aryl methyl sites for hydroxylation is 1. The van der Waals surface area contributed by atoms with Crippen molar-refractivity contribution in [2.45, 2.75) is 39.7 Å². The molecule has 0 aliphatic heterocycles. The predicted octanol–water partition coefficient (Wildman–Crippen LogP) is 5.58. The highest BCUT2D eigenvalue weighted by Gasteiger charge is 2.16. The number of ether oxygens (including phenoxy) is 1. The van der Waals surface area contributed by atoms with Crippen molar-refractivity contribution in [3.8, 4) is 5.75 Å². The molecule has 3 aromatic rings. The van der Waals surface area contributed by atoms with Crippen LogP contribution in [0.25, 0.3) is 0 Å². The van der Waals surface area contributed by atoms with Crippen molar-refractivity contribution in [3.63, 3.8) is 0 Å². The van der Waals surface area contributed by atoms with E-state index in [1.165, 1.54) is 16.9 Å². The molecule has 0 bridgehead atoms. The Bertz CT molecular complexity index is 910. The molecule has 0 unspecified atom stereocenters. The standard InChI is InChI=1S/C22H24N2O2S/c1-15-20(21(25)24-17-8-6-5-7-9-17)27-19(23-15)14-26-18-12-10-16(11-13-18)22(2,3)4/h5-13H,14H2,1-4H3,(H,24,25). The molecule has 1 aromatic heterocycles. The maximum Gasteiger partial charge on any atom is 0.267 e. The number of rotatable bonds is 5. The lowest BCUT2D eigenvalue weighted by Gasteiger charge is -2.19. The van der Waals surface area contributed by atoms with Gasteiger partial charge in [0.05, 0.1) is 5.69 Å². The van der Waals surface area contributed by atoms with Crippen molar-refractivity contribution >= 4 is 22.9 Å². The van der Waals surface area contributed by atoms with Gasteiger partial charge in [-0.05, 0) is 42.2 Å². The Balaban J connectivity index is 1.63. The lowest BCUT2D eigenvalue weighted by molar-refractivity contribution is 0.103. The van der Waals surface area contributed by atoms with E-state index >= 15 is 0 Å². The number of carbonyl (C=O) groups is 1. The molecule has 0 fully saturated rings. The molecule has 0 atom stereocenters. The average molecular weight is 381 g/mol. The van der Waals surface area contributed by atoms with Crippen molar-refractivity contribution in [3.05, 3.63) is 75.7 Å². The Morgan fingerprint density at radius 2 is 1.74 bits per heavy atom. The quantitative estimate of drug-likeness (QED) is 0.628. The topological polar surface area (TPSA) is 51.2 Å². The van der Waals surface area contributed by atoms with E-state index in [1.54, 1.807) is 0 Å². The van der Waals surface area contributed by atoms with Gasteiger partial charge < -0.3 is 10.1 Å². The van der Waals surface area contributed by atoms with Gasteiger partial charge in [-0.15, -0.1) is 11.3 Å². The molecule has 3 rings (SSSR count). The van der Waals surface area contributed by atoms with Gasteiger partial charge in [0, 0.05) is 5.69 Å². The van der Waals surface area contributed by atoms with E-state index in [0.29, 0.717) is 11.5 Å². The fraction of sp³-hybridized carbons (Fsp3) is 0.273. The van der Waals surface area contributed by atoms with Crippen molar-refractivity contribution in [1.82, 2.24) is 4.98 Å². The van der Waals surface area contributed by atoms with Crippen molar-refractivity contribution in [2.75, 3.05) is 5.32 Å². The van der Waals surface area contributed by atoms with Crippen molar-refractivity contribution < 1.29 is 9.53 Å². The van der Waals surface area contributed by atoms with Crippen LogP contribution in [0, 0.1) is 6.92 Å². The molecular formula is C22H24N2O2S. The third kappa shape index (κ3) is 4.95. The highest BCUT2D eigenvalue weighted by molar-refractivity contribution is 7.13. The van der Waals surface area contributed by atoms with Crippen LogP contribution in [-0.2, 0) is 12.0 Å². The van der Waals surface area contributed by atoms with Crippen molar-refractivity contribution in [1.29, 1.82) is 0 Å². The first-order chi connectivity index (χ1) is 12.8. The van der Waals surface area contributed by atoms with Crippen LogP contribution in [0.2, 0.25) is 0 Å². The summed E-state index contributed by atoms with van der Waals surface area (Å²) in [5.74, 6) is 0.656. The summed E-state index contributed by atoms with van der Waals surface area (Å²) in [5.41, 5.74) is 2.87. The lowest BCUT2D eigenvalue weighted by Crippen LogP contribution is -2.11. The molecule has 0 aliphatic carbocycles. The van der Waals surface area contributed by atoms with Gasteiger partial charge in [-0.3, -0.25) is 4.79 Å². The zero-order chi connectivity index (χ0) is 19.4. The Labute approximate surface area is 164 Å². The van der Waals surface area contributed by atoms with Gasteiger partial charge in [0.15, 0.2) is 0 Å². The smallest absolute Gasteiger partial charge is 0.267 e. The Kier molecular flexibility index (Phi) is 5.61. The summed E-state index contributed by atoms with van der Waals surface area (Å²) in [6.45, 7) is 8.74. The number of hydrogen-bond acceptors (Lipinski definition) is 4. The molecule has 1 N–H and O–H groups in total. The van der Waals surface area contributed by atoms with E-state index in [1.807, 2.05) is 49.4 Å². The SMILES string of the molecule is Cc1nc(COc2ccc(C(C)(C)C)cc2)sc1C(=O)Nc1ccccc1. The summed E-state index contributed by atoms with van der Waals surface area (Å²) in [6, 6.07) is 17.5. The minimum absolute atomic E-state index is 0.117. The maximum absolute atomic E-state index is 12.5. The highest BCUT2D eigenvalue weighted by Crippen LogP contribution is 2.25. The van der Waals surface area contributed by atoms with Crippen LogP contribution in [0.1, 0.15) is 46.7 Å².